The first-order valence-corrected chi connectivity index (χ1v) is 14.7. The number of hydrogen-bond acceptors (Lipinski definition) is 6. The van der Waals surface area contributed by atoms with Crippen LogP contribution in [0.25, 0.3) is 0 Å². The van der Waals surface area contributed by atoms with E-state index < -0.39 is 39.3 Å². The molecule has 0 aliphatic heterocycles. The van der Waals surface area contributed by atoms with E-state index in [1.54, 1.807) is 38.1 Å². The maximum absolute atomic E-state index is 14.0. The van der Waals surface area contributed by atoms with Crippen molar-refractivity contribution in [3.05, 3.63) is 105 Å². The van der Waals surface area contributed by atoms with Crippen molar-refractivity contribution in [2.24, 2.45) is 0 Å². The molecular formula is C28H31ClN4O6S. The highest BCUT2D eigenvalue weighted by Crippen LogP contribution is 2.28. The number of halogens is 1. The summed E-state index contributed by atoms with van der Waals surface area (Å²) in [5.74, 6) is -1.09. The standard InChI is InChI=1S/C28H31ClN4O6S/c1-4-30-28(35)26(16-21-10-6-5-7-11-21)31(18-22-12-8-9-13-24(22)29)27(34)19-32(40(3,38)39)25-17-23(33(36)37)15-14-20(25)2/h5-15,17,26H,4,16,18-19H2,1-3H3,(H,30,35). The average molecular weight is 587 g/mol. The number of anilines is 1. The van der Waals surface area contributed by atoms with Gasteiger partial charge in [-0.3, -0.25) is 24.0 Å². The predicted molar refractivity (Wildman–Crippen MR) is 155 cm³/mol. The van der Waals surface area contributed by atoms with Crippen LogP contribution in [0.4, 0.5) is 11.4 Å². The van der Waals surface area contributed by atoms with Gasteiger partial charge in [0.05, 0.1) is 16.9 Å². The third-order valence-corrected chi connectivity index (χ3v) is 7.77. The highest BCUT2D eigenvalue weighted by molar-refractivity contribution is 7.92. The molecule has 0 aliphatic carbocycles. The van der Waals surface area contributed by atoms with Crippen LogP contribution in [0.1, 0.15) is 23.6 Å². The van der Waals surface area contributed by atoms with Crippen LogP contribution in [0.2, 0.25) is 5.02 Å². The number of non-ortho nitro benzene ring substituents is 1. The molecule has 1 atom stereocenters. The molecule has 0 spiro atoms. The highest BCUT2D eigenvalue weighted by Gasteiger charge is 2.33. The van der Waals surface area contributed by atoms with Gasteiger partial charge in [-0.15, -0.1) is 0 Å². The van der Waals surface area contributed by atoms with Crippen LogP contribution in [0.3, 0.4) is 0 Å². The summed E-state index contributed by atoms with van der Waals surface area (Å²) in [4.78, 5) is 39.5. The number of nitro benzene ring substituents is 1. The van der Waals surface area contributed by atoms with Crippen molar-refractivity contribution in [1.82, 2.24) is 10.2 Å². The van der Waals surface area contributed by atoms with E-state index in [4.69, 9.17) is 11.6 Å². The number of aryl methyl sites for hydroxylation is 1. The molecule has 3 aromatic carbocycles. The zero-order chi connectivity index (χ0) is 29.4. The normalized spacial score (nSPS) is 11.9. The second-order valence-corrected chi connectivity index (χ2v) is 11.5. The molecule has 0 saturated heterocycles. The molecule has 40 heavy (non-hydrogen) atoms. The van der Waals surface area contributed by atoms with Gasteiger partial charge >= 0.3 is 0 Å². The molecule has 1 unspecified atom stereocenters. The number of nitrogens with zero attached hydrogens (tertiary/aromatic N) is 3. The number of likely N-dealkylation sites (N-methyl/N-ethyl adjacent to an activating group) is 1. The van der Waals surface area contributed by atoms with Gasteiger partial charge in [0.25, 0.3) is 5.69 Å². The van der Waals surface area contributed by atoms with Gasteiger partial charge in [-0.25, -0.2) is 8.42 Å². The third kappa shape index (κ3) is 7.80. The summed E-state index contributed by atoms with van der Waals surface area (Å²) in [6.07, 6.45) is 1.08. The van der Waals surface area contributed by atoms with Gasteiger partial charge in [-0.1, -0.05) is 66.2 Å². The molecule has 0 saturated carbocycles. The Balaban J connectivity index is 2.10. The van der Waals surface area contributed by atoms with Crippen LogP contribution in [0.15, 0.2) is 72.8 Å². The summed E-state index contributed by atoms with van der Waals surface area (Å²) < 4.78 is 26.7. The Morgan fingerprint density at radius 3 is 2.30 bits per heavy atom. The van der Waals surface area contributed by atoms with E-state index in [9.17, 15) is 28.1 Å². The summed E-state index contributed by atoms with van der Waals surface area (Å²) >= 11 is 6.41. The molecule has 0 radical (unpaired) electrons. The van der Waals surface area contributed by atoms with Crippen LogP contribution >= 0.6 is 11.6 Å². The van der Waals surface area contributed by atoms with Gasteiger partial charge in [-0.2, -0.15) is 0 Å². The number of nitro groups is 1. The molecule has 1 N–H and O–H groups in total. The first-order chi connectivity index (χ1) is 18.9. The molecule has 2 amide bonds. The van der Waals surface area contributed by atoms with Crippen LogP contribution < -0.4 is 9.62 Å². The number of carbonyl (C=O) groups excluding carboxylic acids is 2. The lowest BCUT2D eigenvalue weighted by molar-refractivity contribution is -0.384. The fourth-order valence-corrected chi connectivity index (χ4v) is 5.33. The maximum atomic E-state index is 14.0. The molecule has 3 rings (SSSR count). The minimum Gasteiger partial charge on any atom is -0.355 e. The van der Waals surface area contributed by atoms with Gasteiger partial charge < -0.3 is 10.2 Å². The average Bonchev–Trinajstić information content (AvgIpc) is 2.90. The molecular weight excluding hydrogens is 556 g/mol. The molecule has 212 valence electrons. The van der Waals surface area contributed by atoms with Gasteiger partial charge in [0.1, 0.15) is 12.6 Å². The number of sulfonamides is 1. The second-order valence-electron chi connectivity index (χ2n) is 9.21. The van der Waals surface area contributed by atoms with Gasteiger partial charge in [0.2, 0.25) is 21.8 Å². The molecule has 12 heteroatoms. The van der Waals surface area contributed by atoms with E-state index >= 15 is 0 Å². The molecule has 0 fully saturated rings. The lowest BCUT2D eigenvalue weighted by Gasteiger charge is -2.33. The fraction of sp³-hybridized carbons (Fsp3) is 0.286. The number of hydrogen-bond donors (Lipinski definition) is 1. The van der Waals surface area contributed by atoms with Crippen molar-refractivity contribution in [2.45, 2.75) is 32.9 Å². The van der Waals surface area contributed by atoms with Gasteiger partial charge in [0, 0.05) is 36.7 Å². The minimum absolute atomic E-state index is 0.000336. The zero-order valence-corrected chi connectivity index (χ0v) is 24.0. The number of benzene rings is 3. The van der Waals surface area contributed by atoms with Gasteiger partial charge in [0.15, 0.2) is 0 Å². The first-order valence-electron chi connectivity index (χ1n) is 12.5. The smallest absolute Gasteiger partial charge is 0.271 e. The Bertz CT molecular complexity index is 1480. The topological polar surface area (TPSA) is 130 Å². The lowest BCUT2D eigenvalue weighted by atomic mass is 10.0. The van der Waals surface area contributed by atoms with Gasteiger partial charge in [-0.05, 0) is 36.6 Å². The van der Waals surface area contributed by atoms with Crippen molar-refractivity contribution in [1.29, 1.82) is 0 Å². The molecule has 3 aromatic rings. The monoisotopic (exact) mass is 586 g/mol. The van der Waals surface area contributed by atoms with E-state index in [1.807, 2.05) is 30.3 Å². The van der Waals surface area contributed by atoms with Crippen LogP contribution in [0.5, 0.6) is 0 Å². The Labute approximate surface area is 238 Å². The van der Waals surface area contributed by atoms with E-state index in [2.05, 4.69) is 5.32 Å². The summed E-state index contributed by atoms with van der Waals surface area (Å²) in [5.41, 5.74) is 1.47. The second kappa shape index (κ2) is 13.4. The van der Waals surface area contributed by atoms with E-state index in [-0.39, 0.29) is 24.3 Å². The first kappa shape index (κ1) is 30.6. The van der Waals surface area contributed by atoms with Crippen molar-refractivity contribution < 1.29 is 22.9 Å². The Hall–Kier alpha value is -3.96. The molecule has 0 aromatic heterocycles. The van der Waals surface area contributed by atoms with Crippen molar-refractivity contribution in [3.63, 3.8) is 0 Å². The van der Waals surface area contributed by atoms with Crippen molar-refractivity contribution in [3.8, 4) is 0 Å². The molecule has 0 aliphatic rings. The van der Waals surface area contributed by atoms with E-state index in [1.165, 1.54) is 17.0 Å². The van der Waals surface area contributed by atoms with Crippen LogP contribution in [-0.4, -0.2) is 55.4 Å². The molecule has 0 bridgehead atoms. The van der Waals surface area contributed by atoms with Crippen molar-refractivity contribution in [2.75, 3.05) is 23.7 Å². The fourth-order valence-electron chi connectivity index (χ4n) is 4.23. The van der Waals surface area contributed by atoms with Crippen molar-refractivity contribution >= 4 is 44.8 Å². The maximum Gasteiger partial charge on any atom is 0.271 e. The Morgan fingerprint density at radius 1 is 1.05 bits per heavy atom. The summed E-state index contributed by atoms with van der Waals surface area (Å²) in [5, 5.41) is 14.6. The third-order valence-electron chi connectivity index (χ3n) is 6.27. The SMILES string of the molecule is CCNC(=O)C(Cc1ccccc1)N(Cc1ccccc1Cl)C(=O)CN(c1cc([N+](=O)[O-])ccc1C)S(C)(=O)=O. The van der Waals surface area contributed by atoms with E-state index in [0.29, 0.717) is 22.7 Å². The summed E-state index contributed by atoms with van der Waals surface area (Å²) in [6, 6.07) is 18.8. The largest absolute Gasteiger partial charge is 0.355 e. The quantitative estimate of drug-likeness (QED) is 0.251. The molecule has 0 heterocycles. The Morgan fingerprint density at radius 2 is 1.70 bits per heavy atom. The lowest BCUT2D eigenvalue weighted by Crippen LogP contribution is -2.53. The number of rotatable bonds is 12. The van der Waals surface area contributed by atoms with E-state index in [0.717, 1.165) is 22.2 Å². The number of carbonyl (C=O) groups is 2. The Kier molecular flexibility index (Phi) is 10.2. The number of amides is 2. The summed E-state index contributed by atoms with van der Waals surface area (Å²) in [6.45, 7) is 2.92. The predicted octanol–water partition coefficient (Wildman–Crippen LogP) is 4.10. The minimum atomic E-state index is -4.07. The van der Waals surface area contributed by atoms with Crippen LogP contribution in [-0.2, 0) is 32.6 Å². The van der Waals surface area contributed by atoms with Crippen LogP contribution in [0, 0.1) is 17.0 Å². The zero-order valence-electron chi connectivity index (χ0n) is 22.4. The molecule has 10 nitrogen and oxygen atoms in total. The number of nitrogens with one attached hydrogen (secondary N) is 1. The highest BCUT2D eigenvalue weighted by atomic mass is 35.5. The summed E-state index contributed by atoms with van der Waals surface area (Å²) in [7, 11) is -4.07.